The Bertz CT molecular complexity index is 818. The van der Waals surface area contributed by atoms with E-state index in [0.29, 0.717) is 5.69 Å². The molecule has 3 aromatic rings. The number of aromatic amines is 1. The van der Waals surface area contributed by atoms with Crippen molar-refractivity contribution >= 4 is 11.5 Å². The monoisotopic (exact) mass is 255 g/mol. The van der Waals surface area contributed by atoms with E-state index in [4.69, 9.17) is 5.11 Å². The van der Waals surface area contributed by atoms with Gasteiger partial charge < -0.3 is 10.1 Å². The summed E-state index contributed by atoms with van der Waals surface area (Å²) in [4.78, 5) is 25.2. The van der Waals surface area contributed by atoms with E-state index in [-0.39, 0.29) is 16.8 Å². The quantitative estimate of drug-likeness (QED) is 0.724. The van der Waals surface area contributed by atoms with Gasteiger partial charge in [0.05, 0.1) is 5.69 Å². The number of nitrogens with zero attached hydrogens (tertiary/aromatic N) is 2. The van der Waals surface area contributed by atoms with E-state index in [2.05, 4.69) is 10.1 Å². The maximum Gasteiger partial charge on any atom is 0.356 e. The highest BCUT2D eigenvalue weighted by Gasteiger charge is 2.14. The van der Waals surface area contributed by atoms with Crippen molar-refractivity contribution in [3.8, 4) is 11.3 Å². The lowest BCUT2D eigenvalue weighted by atomic mass is 10.1. The van der Waals surface area contributed by atoms with Crippen molar-refractivity contribution in [1.82, 2.24) is 14.6 Å². The van der Waals surface area contributed by atoms with Crippen LogP contribution in [-0.2, 0) is 0 Å². The number of carbonyl (C=O) groups is 1. The standard InChI is InChI=1S/C13H9N3O3/c17-12-10-6-9(8-4-2-1-3-5-8)15-16(10)11(7-14-12)13(18)19/h1-7H,(H,14,17)(H,18,19). The Morgan fingerprint density at radius 1 is 1.26 bits per heavy atom. The Hall–Kier alpha value is -2.89. The SMILES string of the molecule is O=C(O)c1c[nH]c(=O)c2cc(-c3ccccc3)nn12. The van der Waals surface area contributed by atoms with Crippen LogP contribution >= 0.6 is 0 Å². The summed E-state index contributed by atoms with van der Waals surface area (Å²) in [6.07, 6.45) is 1.14. The molecule has 0 aliphatic heterocycles. The van der Waals surface area contributed by atoms with Crippen molar-refractivity contribution in [3.05, 3.63) is 58.6 Å². The summed E-state index contributed by atoms with van der Waals surface area (Å²) in [7, 11) is 0. The average molecular weight is 255 g/mol. The van der Waals surface area contributed by atoms with Gasteiger partial charge in [0.25, 0.3) is 5.56 Å². The Balaban J connectivity index is 2.32. The first-order chi connectivity index (χ1) is 9.16. The summed E-state index contributed by atoms with van der Waals surface area (Å²) < 4.78 is 1.14. The number of aromatic carboxylic acids is 1. The van der Waals surface area contributed by atoms with E-state index in [1.807, 2.05) is 30.3 Å². The van der Waals surface area contributed by atoms with Crippen LogP contribution in [0.15, 0.2) is 47.4 Å². The van der Waals surface area contributed by atoms with Gasteiger partial charge in [0.2, 0.25) is 0 Å². The van der Waals surface area contributed by atoms with Gasteiger partial charge in [-0.05, 0) is 6.07 Å². The zero-order chi connectivity index (χ0) is 13.4. The molecule has 0 spiro atoms. The smallest absolute Gasteiger partial charge is 0.356 e. The lowest BCUT2D eigenvalue weighted by Gasteiger charge is -1.97. The third-order valence-electron chi connectivity index (χ3n) is 2.80. The van der Waals surface area contributed by atoms with Crippen LogP contribution in [0.2, 0.25) is 0 Å². The second-order valence-electron chi connectivity index (χ2n) is 4.00. The Labute approximate surface area is 106 Å². The second-order valence-corrected chi connectivity index (χ2v) is 4.00. The summed E-state index contributed by atoms with van der Waals surface area (Å²) in [6.45, 7) is 0. The van der Waals surface area contributed by atoms with Gasteiger partial charge >= 0.3 is 5.97 Å². The first-order valence-corrected chi connectivity index (χ1v) is 5.57. The highest BCUT2D eigenvalue weighted by Crippen LogP contribution is 2.18. The average Bonchev–Trinajstić information content (AvgIpc) is 2.85. The highest BCUT2D eigenvalue weighted by atomic mass is 16.4. The molecule has 2 heterocycles. The van der Waals surface area contributed by atoms with Gasteiger partial charge in [-0.2, -0.15) is 5.10 Å². The Kier molecular flexibility index (Phi) is 2.42. The van der Waals surface area contributed by atoms with Crippen LogP contribution in [0.3, 0.4) is 0 Å². The van der Waals surface area contributed by atoms with Crippen LogP contribution in [0.4, 0.5) is 0 Å². The Morgan fingerprint density at radius 3 is 2.68 bits per heavy atom. The third-order valence-corrected chi connectivity index (χ3v) is 2.80. The summed E-state index contributed by atoms with van der Waals surface area (Å²) in [5, 5.41) is 13.3. The minimum Gasteiger partial charge on any atom is -0.476 e. The van der Waals surface area contributed by atoms with Crippen LogP contribution in [0.1, 0.15) is 10.5 Å². The van der Waals surface area contributed by atoms with Gasteiger partial charge in [0.15, 0.2) is 5.69 Å². The topological polar surface area (TPSA) is 87.5 Å². The molecule has 0 saturated heterocycles. The van der Waals surface area contributed by atoms with Crippen molar-refractivity contribution in [3.63, 3.8) is 0 Å². The number of aromatic nitrogens is 3. The van der Waals surface area contributed by atoms with Crippen LogP contribution < -0.4 is 5.56 Å². The minimum atomic E-state index is -1.15. The fourth-order valence-corrected chi connectivity index (χ4v) is 1.90. The number of hydrogen-bond acceptors (Lipinski definition) is 3. The number of rotatable bonds is 2. The van der Waals surface area contributed by atoms with Crippen LogP contribution in [0.25, 0.3) is 16.8 Å². The highest BCUT2D eigenvalue weighted by molar-refractivity contribution is 5.86. The molecule has 2 N–H and O–H groups in total. The number of fused-ring (bicyclic) bond motifs is 1. The molecular weight excluding hydrogens is 246 g/mol. The molecule has 1 aromatic carbocycles. The zero-order valence-corrected chi connectivity index (χ0v) is 9.70. The number of carboxylic acids is 1. The van der Waals surface area contributed by atoms with E-state index >= 15 is 0 Å². The molecule has 6 nitrogen and oxygen atoms in total. The van der Waals surface area contributed by atoms with Crippen molar-refractivity contribution in [1.29, 1.82) is 0 Å². The van der Waals surface area contributed by atoms with Crippen molar-refractivity contribution in [2.75, 3.05) is 0 Å². The predicted molar refractivity (Wildman–Crippen MR) is 68.2 cm³/mol. The van der Waals surface area contributed by atoms with E-state index < -0.39 is 5.97 Å². The molecular formula is C13H9N3O3. The number of H-pyrrole nitrogens is 1. The fraction of sp³-hybridized carbons (Fsp3) is 0. The Morgan fingerprint density at radius 2 is 2.00 bits per heavy atom. The molecule has 94 valence electrons. The van der Waals surface area contributed by atoms with Gasteiger partial charge in [-0.25, -0.2) is 9.31 Å². The lowest BCUT2D eigenvalue weighted by Crippen LogP contribution is -2.15. The minimum absolute atomic E-state index is 0.0863. The van der Waals surface area contributed by atoms with E-state index in [0.717, 1.165) is 16.3 Å². The summed E-state index contributed by atoms with van der Waals surface area (Å²) in [6, 6.07) is 10.8. The van der Waals surface area contributed by atoms with Crippen molar-refractivity contribution < 1.29 is 9.90 Å². The van der Waals surface area contributed by atoms with Crippen LogP contribution in [0.5, 0.6) is 0 Å². The molecule has 0 atom stereocenters. The molecule has 0 aliphatic rings. The largest absolute Gasteiger partial charge is 0.476 e. The molecule has 0 fully saturated rings. The van der Waals surface area contributed by atoms with Crippen LogP contribution in [-0.4, -0.2) is 25.7 Å². The van der Waals surface area contributed by atoms with Crippen LogP contribution in [0, 0.1) is 0 Å². The maximum absolute atomic E-state index is 11.7. The first kappa shape index (κ1) is 11.2. The molecule has 0 amide bonds. The molecule has 0 aliphatic carbocycles. The number of nitrogens with one attached hydrogen (secondary N) is 1. The summed E-state index contributed by atoms with van der Waals surface area (Å²) in [5.74, 6) is -1.15. The second kappa shape index (κ2) is 4.09. The van der Waals surface area contributed by atoms with Gasteiger partial charge in [-0.3, -0.25) is 4.79 Å². The molecule has 0 unspecified atom stereocenters. The maximum atomic E-state index is 11.7. The molecule has 0 bridgehead atoms. The van der Waals surface area contributed by atoms with Gasteiger partial charge in [0, 0.05) is 11.8 Å². The predicted octanol–water partition coefficient (Wildman–Crippen LogP) is 1.39. The fourth-order valence-electron chi connectivity index (χ4n) is 1.90. The van der Waals surface area contributed by atoms with Crippen molar-refractivity contribution in [2.24, 2.45) is 0 Å². The van der Waals surface area contributed by atoms with Gasteiger partial charge in [-0.1, -0.05) is 30.3 Å². The summed E-state index contributed by atoms with van der Waals surface area (Å²) in [5.41, 5.74) is 1.12. The lowest BCUT2D eigenvalue weighted by molar-refractivity contribution is 0.0687. The molecule has 0 radical (unpaired) electrons. The van der Waals surface area contributed by atoms with Gasteiger partial charge in [0.1, 0.15) is 5.52 Å². The molecule has 19 heavy (non-hydrogen) atoms. The summed E-state index contributed by atoms with van der Waals surface area (Å²) >= 11 is 0. The normalized spacial score (nSPS) is 10.7. The number of carboxylic acid groups (broad SMARTS) is 1. The van der Waals surface area contributed by atoms with Crippen molar-refractivity contribution in [2.45, 2.75) is 0 Å². The number of benzene rings is 1. The van der Waals surface area contributed by atoms with Gasteiger partial charge in [-0.15, -0.1) is 0 Å². The van der Waals surface area contributed by atoms with E-state index in [9.17, 15) is 9.59 Å². The zero-order valence-electron chi connectivity index (χ0n) is 9.70. The molecule has 6 heteroatoms. The molecule has 3 rings (SSSR count). The van der Waals surface area contributed by atoms with E-state index in [1.54, 1.807) is 6.07 Å². The first-order valence-electron chi connectivity index (χ1n) is 5.57. The molecule has 2 aromatic heterocycles. The third kappa shape index (κ3) is 1.79. The molecule has 0 saturated carbocycles. The van der Waals surface area contributed by atoms with E-state index in [1.165, 1.54) is 0 Å². The number of hydrogen-bond donors (Lipinski definition) is 2.